The lowest BCUT2D eigenvalue weighted by Crippen LogP contribution is -2.44. The Hall–Kier alpha value is 0.230. The summed E-state index contributed by atoms with van der Waals surface area (Å²) in [5.74, 6) is 0.359. The van der Waals surface area contributed by atoms with Crippen LogP contribution in [0.2, 0.25) is 0 Å². The molecule has 1 aliphatic carbocycles. The number of hydrogen-bond donors (Lipinski definition) is 1. The molecule has 1 aliphatic rings. The van der Waals surface area contributed by atoms with Crippen molar-refractivity contribution in [2.75, 3.05) is 0 Å². The van der Waals surface area contributed by atoms with Crippen LogP contribution < -0.4 is 5.32 Å². The molecule has 3 unspecified atom stereocenters. The molecule has 5 heteroatoms. The van der Waals surface area contributed by atoms with Crippen molar-refractivity contribution in [1.29, 1.82) is 0 Å². The first kappa shape index (κ1) is 11.3. The first-order valence-electron chi connectivity index (χ1n) is 4.35. The third kappa shape index (κ3) is 4.31. The number of nitrogens with one attached hydrogen (secondary N) is 1. The highest BCUT2D eigenvalue weighted by Gasteiger charge is 2.34. The van der Waals surface area contributed by atoms with Gasteiger partial charge in [0.1, 0.15) is 0 Å². The molecule has 0 aromatic rings. The molecule has 0 radical (unpaired) electrons. The van der Waals surface area contributed by atoms with Gasteiger partial charge in [0.25, 0.3) is 0 Å². The molecule has 0 spiro atoms. The molecule has 1 fully saturated rings. The Kier molecular flexibility index (Phi) is 3.63. The number of halogens is 4. The maximum Gasteiger partial charge on any atom is 0.457 e. The Bertz CT molecular complexity index is 161. The van der Waals surface area contributed by atoms with Crippen LogP contribution in [0, 0.1) is 5.92 Å². The van der Waals surface area contributed by atoms with Crippen molar-refractivity contribution in [2.24, 2.45) is 5.92 Å². The predicted octanol–water partition coefficient (Wildman–Crippen LogP) is 3.05. The van der Waals surface area contributed by atoms with Crippen LogP contribution in [0.15, 0.2) is 0 Å². The van der Waals surface area contributed by atoms with Crippen molar-refractivity contribution in [2.45, 2.75) is 43.4 Å². The minimum Gasteiger partial charge on any atom is -0.225 e. The van der Waals surface area contributed by atoms with E-state index in [1.54, 1.807) is 5.32 Å². The Balaban J connectivity index is 2.42. The van der Waals surface area contributed by atoms with Gasteiger partial charge in [-0.15, -0.1) is 0 Å². The number of hydrogen-bond acceptors (Lipinski definition) is 1. The van der Waals surface area contributed by atoms with E-state index < -0.39 is 12.3 Å². The van der Waals surface area contributed by atoms with Gasteiger partial charge in [-0.1, -0.05) is 22.9 Å². The van der Waals surface area contributed by atoms with Gasteiger partial charge >= 0.3 is 6.30 Å². The van der Waals surface area contributed by atoms with Gasteiger partial charge in [-0.05, 0) is 25.2 Å². The molecule has 0 amide bonds. The van der Waals surface area contributed by atoms with Crippen molar-refractivity contribution < 1.29 is 13.2 Å². The van der Waals surface area contributed by atoms with Gasteiger partial charge in [-0.25, -0.2) is 5.32 Å². The molecule has 0 saturated heterocycles. The van der Waals surface area contributed by atoms with Crippen molar-refractivity contribution in [1.82, 2.24) is 5.32 Å². The van der Waals surface area contributed by atoms with Gasteiger partial charge in [0.15, 0.2) is 0 Å². The van der Waals surface area contributed by atoms with Crippen molar-refractivity contribution >= 4 is 15.9 Å². The number of alkyl halides is 4. The maximum absolute atomic E-state index is 12.0. The topological polar surface area (TPSA) is 12.0 Å². The molecule has 1 nitrogen and oxygen atoms in total. The normalized spacial score (nSPS) is 36.2. The van der Waals surface area contributed by atoms with E-state index in [1.165, 1.54) is 0 Å². The summed E-state index contributed by atoms with van der Waals surface area (Å²) in [6, 6.07) is -0.423. The molecule has 1 saturated carbocycles. The van der Waals surface area contributed by atoms with E-state index >= 15 is 0 Å². The number of rotatable bonds is 1. The minimum absolute atomic E-state index is 0.219. The summed E-state index contributed by atoms with van der Waals surface area (Å²) in [6.07, 6.45) is -2.10. The fraction of sp³-hybridized carbons (Fsp3) is 1.00. The van der Waals surface area contributed by atoms with E-state index in [1.807, 2.05) is 6.92 Å². The first-order valence-corrected chi connectivity index (χ1v) is 5.27. The van der Waals surface area contributed by atoms with Gasteiger partial charge in [0.05, 0.1) is 0 Å². The zero-order valence-corrected chi connectivity index (χ0v) is 8.95. The standard InChI is InChI=1S/C8H13BrF3N/c1-5-2-6(9)4-7(3-5)13-8(10,11)12/h5-7,13H,2-4H2,1H3. The lowest BCUT2D eigenvalue weighted by Gasteiger charge is -2.31. The van der Waals surface area contributed by atoms with Crippen LogP contribution >= 0.6 is 15.9 Å². The SMILES string of the molecule is CC1CC(Br)CC(NC(F)(F)F)C1. The fourth-order valence-corrected chi connectivity index (χ4v) is 2.96. The van der Waals surface area contributed by atoms with Gasteiger partial charge in [-0.2, -0.15) is 13.2 Å². The molecule has 0 aromatic carbocycles. The van der Waals surface area contributed by atoms with Crippen LogP contribution in [0.5, 0.6) is 0 Å². The maximum atomic E-state index is 12.0. The van der Waals surface area contributed by atoms with Gasteiger partial charge in [-0.3, -0.25) is 0 Å². The highest BCUT2D eigenvalue weighted by molar-refractivity contribution is 9.09. The van der Waals surface area contributed by atoms with Crippen molar-refractivity contribution in [3.8, 4) is 0 Å². The second kappa shape index (κ2) is 4.17. The quantitative estimate of drug-likeness (QED) is 0.564. The second-order valence-electron chi connectivity index (χ2n) is 3.75. The summed E-state index contributed by atoms with van der Waals surface area (Å²) in [7, 11) is 0. The van der Waals surface area contributed by atoms with E-state index in [4.69, 9.17) is 0 Å². The molecule has 0 aromatic heterocycles. The zero-order valence-electron chi connectivity index (χ0n) is 7.37. The van der Waals surface area contributed by atoms with Crippen molar-refractivity contribution in [3.63, 3.8) is 0 Å². The Morgan fingerprint density at radius 3 is 2.31 bits per heavy atom. The summed E-state index contributed by atoms with van der Waals surface area (Å²) in [4.78, 5) is 0.219. The first-order chi connectivity index (χ1) is 5.87. The van der Waals surface area contributed by atoms with Crippen LogP contribution in [0.25, 0.3) is 0 Å². The molecule has 1 N–H and O–H groups in total. The van der Waals surface area contributed by atoms with E-state index in [9.17, 15) is 13.2 Å². The molecule has 0 aliphatic heterocycles. The minimum atomic E-state index is -4.24. The molecule has 78 valence electrons. The van der Waals surface area contributed by atoms with Crippen LogP contribution in [-0.2, 0) is 0 Å². The molecular formula is C8H13BrF3N. The monoisotopic (exact) mass is 259 g/mol. The summed E-state index contributed by atoms with van der Waals surface area (Å²) >= 11 is 3.37. The molecule has 0 bridgehead atoms. The highest BCUT2D eigenvalue weighted by atomic mass is 79.9. The van der Waals surface area contributed by atoms with E-state index in [-0.39, 0.29) is 4.83 Å². The van der Waals surface area contributed by atoms with Gasteiger partial charge in [0, 0.05) is 10.9 Å². The molecule has 0 heterocycles. The second-order valence-corrected chi connectivity index (χ2v) is 5.04. The largest absolute Gasteiger partial charge is 0.457 e. The summed E-state index contributed by atoms with van der Waals surface area (Å²) in [6.45, 7) is 1.98. The van der Waals surface area contributed by atoms with E-state index in [0.29, 0.717) is 18.8 Å². The summed E-state index contributed by atoms with van der Waals surface area (Å²) < 4.78 is 35.9. The lowest BCUT2D eigenvalue weighted by molar-refractivity contribution is -0.166. The molecule has 3 atom stereocenters. The van der Waals surface area contributed by atoms with Crippen LogP contribution in [-0.4, -0.2) is 17.2 Å². The fourth-order valence-electron chi connectivity index (χ4n) is 1.87. The highest BCUT2D eigenvalue weighted by Crippen LogP contribution is 2.30. The van der Waals surface area contributed by atoms with Crippen LogP contribution in [0.1, 0.15) is 26.2 Å². The molecule has 1 rings (SSSR count). The Morgan fingerprint density at radius 2 is 1.85 bits per heavy atom. The average Bonchev–Trinajstić information content (AvgIpc) is 1.78. The van der Waals surface area contributed by atoms with Crippen molar-refractivity contribution in [3.05, 3.63) is 0 Å². The summed E-state index contributed by atoms with van der Waals surface area (Å²) in [5.41, 5.74) is 0. The van der Waals surface area contributed by atoms with Crippen LogP contribution in [0.4, 0.5) is 13.2 Å². The smallest absolute Gasteiger partial charge is 0.225 e. The lowest BCUT2D eigenvalue weighted by atomic mass is 9.87. The third-order valence-electron chi connectivity index (χ3n) is 2.25. The van der Waals surface area contributed by atoms with E-state index in [2.05, 4.69) is 15.9 Å². The Labute approximate surface area is 84.2 Å². The van der Waals surface area contributed by atoms with Crippen LogP contribution in [0.3, 0.4) is 0 Å². The van der Waals surface area contributed by atoms with Gasteiger partial charge < -0.3 is 0 Å². The third-order valence-corrected chi connectivity index (χ3v) is 3.00. The average molecular weight is 260 g/mol. The zero-order chi connectivity index (χ0) is 10.1. The summed E-state index contributed by atoms with van der Waals surface area (Å²) in [5, 5.41) is 1.69. The molecule has 13 heavy (non-hydrogen) atoms. The molecular weight excluding hydrogens is 247 g/mol. The Morgan fingerprint density at radius 1 is 1.23 bits per heavy atom. The van der Waals surface area contributed by atoms with Gasteiger partial charge in [0.2, 0.25) is 0 Å². The van der Waals surface area contributed by atoms with E-state index in [0.717, 1.165) is 6.42 Å². The predicted molar refractivity (Wildman–Crippen MR) is 48.7 cm³/mol.